The van der Waals surface area contributed by atoms with Crippen LogP contribution in [-0.2, 0) is 9.59 Å². The van der Waals surface area contributed by atoms with Gasteiger partial charge in [-0.1, -0.05) is 6.07 Å². The lowest BCUT2D eigenvalue weighted by atomic mass is 10.1. The molecule has 1 aliphatic rings. The SMILES string of the molecule is COc1cccc(NC(=O)CSC2NC(=O)C(NC(=O)c3ccc(OC)c(OC)c3)C(N)N2)c1. The smallest absolute Gasteiger partial charge is 0.252 e. The van der Waals surface area contributed by atoms with Crippen molar-refractivity contribution in [3.05, 3.63) is 48.0 Å². The molecule has 1 heterocycles. The normalized spacial score (nSPS) is 19.5. The minimum Gasteiger partial charge on any atom is -0.497 e. The predicted octanol–water partition coefficient (Wildman–Crippen LogP) is 0.471. The Kier molecular flexibility index (Phi) is 8.57. The average molecular weight is 490 g/mol. The van der Waals surface area contributed by atoms with E-state index < -0.39 is 29.5 Å². The molecule has 0 aliphatic carbocycles. The van der Waals surface area contributed by atoms with Crippen molar-refractivity contribution in [3.63, 3.8) is 0 Å². The summed E-state index contributed by atoms with van der Waals surface area (Å²) in [6.45, 7) is 0. The topological polar surface area (TPSA) is 153 Å². The highest BCUT2D eigenvalue weighted by Gasteiger charge is 2.35. The molecule has 11 nitrogen and oxygen atoms in total. The summed E-state index contributed by atoms with van der Waals surface area (Å²) in [5.41, 5.74) is 6.37. The van der Waals surface area contributed by atoms with Gasteiger partial charge in [0.05, 0.1) is 33.2 Å². The van der Waals surface area contributed by atoms with E-state index >= 15 is 0 Å². The van der Waals surface area contributed by atoms with Crippen LogP contribution < -0.4 is 41.2 Å². The number of thioether (sulfide) groups is 1. The number of nitrogens with two attached hydrogens (primary N) is 1. The van der Waals surface area contributed by atoms with Crippen molar-refractivity contribution < 1.29 is 28.6 Å². The molecule has 2 aromatic rings. The zero-order chi connectivity index (χ0) is 24.7. The molecule has 2 aromatic carbocycles. The van der Waals surface area contributed by atoms with E-state index in [9.17, 15) is 14.4 Å². The van der Waals surface area contributed by atoms with Gasteiger partial charge in [-0.2, -0.15) is 0 Å². The number of amides is 3. The van der Waals surface area contributed by atoms with Crippen molar-refractivity contribution in [1.82, 2.24) is 16.0 Å². The van der Waals surface area contributed by atoms with Crippen LogP contribution in [0.3, 0.4) is 0 Å². The summed E-state index contributed by atoms with van der Waals surface area (Å²) >= 11 is 1.16. The Labute approximate surface area is 201 Å². The molecule has 3 amide bonds. The van der Waals surface area contributed by atoms with Crippen LogP contribution in [0.2, 0.25) is 0 Å². The lowest BCUT2D eigenvalue weighted by Crippen LogP contribution is -2.70. The van der Waals surface area contributed by atoms with E-state index in [-0.39, 0.29) is 17.2 Å². The molecule has 34 heavy (non-hydrogen) atoms. The molecule has 1 saturated heterocycles. The Bertz CT molecular complexity index is 1050. The number of carbonyl (C=O) groups is 3. The number of hydrogen-bond acceptors (Lipinski definition) is 9. The van der Waals surface area contributed by atoms with Crippen molar-refractivity contribution in [2.24, 2.45) is 5.73 Å². The highest BCUT2D eigenvalue weighted by Crippen LogP contribution is 2.27. The van der Waals surface area contributed by atoms with E-state index in [1.165, 1.54) is 20.3 Å². The third-order valence-corrected chi connectivity index (χ3v) is 5.94. The van der Waals surface area contributed by atoms with Gasteiger partial charge in [-0.25, -0.2) is 0 Å². The van der Waals surface area contributed by atoms with Gasteiger partial charge in [-0.05, 0) is 30.3 Å². The minimum atomic E-state index is -1.01. The largest absolute Gasteiger partial charge is 0.497 e. The number of hydrogen-bond donors (Lipinski definition) is 5. The summed E-state index contributed by atoms with van der Waals surface area (Å²) in [5, 5.41) is 11.1. The number of rotatable bonds is 9. The van der Waals surface area contributed by atoms with E-state index in [4.69, 9.17) is 19.9 Å². The summed E-state index contributed by atoms with van der Waals surface area (Å²) in [5.74, 6) is 0.320. The third kappa shape index (κ3) is 6.31. The maximum Gasteiger partial charge on any atom is 0.252 e. The van der Waals surface area contributed by atoms with Gasteiger partial charge in [-0.15, -0.1) is 11.8 Å². The van der Waals surface area contributed by atoms with Crippen LogP contribution >= 0.6 is 11.8 Å². The monoisotopic (exact) mass is 489 g/mol. The van der Waals surface area contributed by atoms with Gasteiger partial charge in [0.2, 0.25) is 11.8 Å². The van der Waals surface area contributed by atoms with Gasteiger partial charge in [0.1, 0.15) is 17.3 Å². The van der Waals surface area contributed by atoms with Gasteiger partial charge >= 0.3 is 0 Å². The van der Waals surface area contributed by atoms with Crippen LogP contribution in [-0.4, -0.2) is 62.5 Å². The van der Waals surface area contributed by atoms with Crippen LogP contribution in [0.5, 0.6) is 17.2 Å². The van der Waals surface area contributed by atoms with E-state index in [1.807, 2.05) is 0 Å². The molecule has 182 valence electrons. The number of benzene rings is 2. The highest BCUT2D eigenvalue weighted by atomic mass is 32.2. The standard InChI is InChI=1S/C22H27N5O6S/c1-31-14-6-4-5-13(10-14)24-17(28)11-34-22-26-19(23)18(21(30)27-22)25-20(29)12-7-8-15(32-2)16(9-12)33-3/h4-10,18-19,22,26H,11,23H2,1-3H3,(H,24,28)(H,25,29)(H,27,30). The molecule has 6 N–H and O–H groups in total. The zero-order valence-electron chi connectivity index (χ0n) is 18.9. The molecule has 12 heteroatoms. The number of methoxy groups -OCH3 is 3. The fraction of sp³-hybridized carbons (Fsp3) is 0.318. The summed E-state index contributed by atoms with van der Waals surface area (Å²) < 4.78 is 15.5. The van der Waals surface area contributed by atoms with Crippen LogP contribution in [0, 0.1) is 0 Å². The molecular formula is C22H27N5O6S. The number of anilines is 1. The van der Waals surface area contributed by atoms with Gasteiger partial charge in [0.15, 0.2) is 11.5 Å². The molecule has 3 rings (SSSR count). The van der Waals surface area contributed by atoms with E-state index in [0.717, 1.165) is 11.8 Å². The predicted molar refractivity (Wildman–Crippen MR) is 128 cm³/mol. The molecule has 1 fully saturated rings. The summed E-state index contributed by atoms with van der Waals surface area (Å²) in [6, 6.07) is 10.6. The molecule has 0 aromatic heterocycles. The number of nitrogens with one attached hydrogen (secondary N) is 4. The first-order valence-electron chi connectivity index (χ1n) is 10.2. The molecule has 0 radical (unpaired) electrons. The first-order chi connectivity index (χ1) is 16.3. The van der Waals surface area contributed by atoms with Crippen LogP contribution in [0.25, 0.3) is 0 Å². The summed E-state index contributed by atoms with van der Waals surface area (Å²) in [7, 11) is 4.50. The lowest BCUT2D eigenvalue weighted by Gasteiger charge is -2.35. The fourth-order valence-electron chi connectivity index (χ4n) is 3.20. The first kappa shape index (κ1) is 25.1. The van der Waals surface area contributed by atoms with Gasteiger partial charge in [0, 0.05) is 17.3 Å². The molecule has 0 saturated carbocycles. The van der Waals surface area contributed by atoms with E-state index in [1.54, 1.807) is 43.5 Å². The summed E-state index contributed by atoms with van der Waals surface area (Å²) in [4.78, 5) is 37.5. The van der Waals surface area contributed by atoms with Gasteiger partial charge in [0.25, 0.3) is 5.91 Å². The second kappa shape index (κ2) is 11.6. The maximum absolute atomic E-state index is 12.6. The number of ether oxygens (including phenoxy) is 3. The second-order valence-corrected chi connectivity index (χ2v) is 8.29. The Morgan fingerprint density at radius 3 is 2.50 bits per heavy atom. The van der Waals surface area contributed by atoms with Gasteiger partial charge in [-0.3, -0.25) is 19.7 Å². The zero-order valence-corrected chi connectivity index (χ0v) is 19.7. The quantitative estimate of drug-likeness (QED) is 0.338. The van der Waals surface area contributed by atoms with Crippen molar-refractivity contribution in [2.45, 2.75) is 17.7 Å². The average Bonchev–Trinajstić information content (AvgIpc) is 2.84. The Morgan fingerprint density at radius 2 is 1.82 bits per heavy atom. The third-order valence-electron chi connectivity index (χ3n) is 4.93. The Morgan fingerprint density at radius 1 is 1.06 bits per heavy atom. The summed E-state index contributed by atoms with van der Waals surface area (Å²) in [6.07, 6.45) is -0.864. The molecule has 0 bridgehead atoms. The Balaban J connectivity index is 1.52. The van der Waals surface area contributed by atoms with Crippen LogP contribution in [0.1, 0.15) is 10.4 Å². The van der Waals surface area contributed by atoms with Crippen molar-refractivity contribution in [2.75, 3.05) is 32.4 Å². The van der Waals surface area contributed by atoms with E-state index in [0.29, 0.717) is 22.9 Å². The molecular weight excluding hydrogens is 462 g/mol. The minimum absolute atomic E-state index is 0.0601. The molecule has 1 aliphatic heterocycles. The second-order valence-electron chi connectivity index (χ2n) is 7.19. The van der Waals surface area contributed by atoms with Crippen molar-refractivity contribution in [3.8, 4) is 17.2 Å². The highest BCUT2D eigenvalue weighted by molar-refractivity contribution is 8.00. The maximum atomic E-state index is 12.6. The fourth-order valence-corrected chi connectivity index (χ4v) is 4.04. The molecule has 3 atom stereocenters. The lowest BCUT2D eigenvalue weighted by molar-refractivity contribution is -0.125. The Hall–Kier alpha value is -3.48. The van der Waals surface area contributed by atoms with Crippen LogP contribution in [0.4, 0.5) is 5.69 Å². The van der Waals surface area contributed by atoms with Crippen molar-refractivity contribution >= 4 is 35.2 Å². The van der Waals surface area contributed by atoms with Crippen molar-refractivity contribution in [1.29, 1.82) is 0 Å². The number of carbonyl (C=O) groups excluding carboxylic acids is 3. The molecule has 3 unspecified atom stereocenters. The van der Waals surface area contributed by atoms with Gasteiger partial charge < -0.3 is 35.9 Å². The van der Waals surface area contributed by atoms with Crippen LogP contribution in [0.15, 0.2) is 42.5 Å². The van der Waals surface area contributed by atoms with E-state index in [2.05, 4.69) is 21.3 Å². The first-order valence-corrected chi connectivity index (χ1v) is 11.3. The molecule has 0 spiro atoms.